The maximum atomic E-state index is 12.6. The molecule has 1 aliphatic rings. The highest BCUT2D eigenvalue weighted by atomic mass is 16.5. The van der Waals surface area contributed by atoms with Gasteiger partial charge in [0.2, 0.25) is 5.91 Å². The third kappa shape index (κ3) is 3.76. The van der Waals surface area contributed by atoms with Gasteiger partial charge in [-0.15, -0.1) is 0 Å². The zero-order valence-electron chi connectivity index (χ0n) is 13.0. The maximum Gasteiger partial charge on any atom is 0.227 e. The Bertz CT molecular complexity index is 458. The number of methoxy groups -OCH3 is 1. The molecule has 2 atom stereocenters. The fourth-order valence-corrected chi connectivity index (χ4v) is 2.93. The van der Waals surface area contributed by atoms with E-state index in [1.54, 1.807) is 7.11 Å². The summed E-state index contributed by atoms with van der Waals surface area (Å²) in [4.78, 5) is 14.6. The number of amides is 1. The molecule has 116 valence electrons. The molecule has 0 aromatic heterocycles. The van der Waals surface area contributed by atoms with Crippen LogP contribution in [0.3, 0.4) is 0 Å². The van der Waals surface area contributed by atoms with Crippen molar-refractivity contribution >= 4 is 5.91 Å². The van der Waals surface area contributed by atoms with Gasteiger partial charge in [-0.05, 0) is 30.5 Å². The Labute approximate surface area is 127 Å². The highest BCUT2D eigenvalue weighted by molar-refractivity contribution is 5.79. The van der Waals surface area contributed by atoms with Crippen LogP contribution < -0.4 is 10.5 Å². The first kappa shape index (κ1) is 15.8. The lowest BCUT2D eigenvalue weighted by molar-refractivity contribution is -0.137. The molecule has 21 heavy (non-hydrogen) atoms. The Balaban J connectivity index is 2.24. The molecular weight excluding hydrogens is 264 g/mol. The molecule has 4 nitrogen and oxygen atoms in total. The van der Waals surface area contributed by atoms with Crippen LogP contribution in [-0.4, -0.2) is 31.0 Å². The Kier molecular flexibility index (Phi) is 5.62. The predicted molar refractivity (Wildman–Crippen MR) is 84.1 cm³/mol. The van der Waals surface area contributed by atoms with Crippen molar-refractivity contribution in [2.45, 2.75) is 38.6 Å². The van der Waals surface area contributed by atoms with Gasteiger partial charge < -0.3 is 15.4 Å². The van der Waals surface area contributed by atoms with Crippen LogP contribution in [0.5, 0.6) is 5.75 Å². The number of rotatable bonds is 4. The summed E-state index contributed by atoms with van der Waals surface area (Å²) < 4.78 is 5.21. The fraction of sp³-hybridized carbons (Fsp3) is 0.588. The number of nitrogens with zero attached hydrogens (tertiary/aromatic N) is 1. The fourth-order valence-electron chi connectivity index (χ4n) is 2.93. The lowest BCUT2D eigenvalue weighted by Gasteiger charge is -2.32. The highest BCUT2D eigenvalue weighted by Crippen LogP contribution is 2.32. The van der Waals surface area contributed by atoms with E-state index in [1.165, 1.54) is 12.0 Å². The Morgan fingerprint density at radius 3 is 2.67 bits per heavy atom. The van der Waals surface area contributed by atoms with Crippen LogP contribution in [0.1, 0.15) is 44.2 Å². The lowest BCUT2D eigenvalue weighted by atomic mass is 9.99. The van der Waals surface area contributed by atoms with Gasteiger partial charge in [-0.25, -0.2) is 0 Å². The van der Waals surface area contributed by atoms with E-state index in [9.17, 15) is 4.79 Å². The van der Waals surface area contributed by atoms with Crippen LogP contribution in [0.25, 0.3) is 0 Å². The number of ether oxygens (including phenoxy) is 1. The molecule has 2 rings (SSSR count). The van der Waals surface area contributed by atoms with E-state index in [2.05, 4.69) is 12.1 Å². The van der Waals surface area contributed by atoms with Gasteiger partial charge in [0, 0.05) is 19.0 Å². The first-order valence-corrected chi connectivity index (χ1v) is 7.82. The summed E-state index contributed by atoms with van der Waals surface area (Å²) in [5.74, 6) is 0.921. The predicted octanol–water partition coefficient (Wildman–Crippen LogP) is 2.73. The van der Waals surface area contributed by atoms with Gasteiger partial charge in [0.15, 0.2) is 0 Å². The second-order valence-electron chi connectivity index (χ2n) is 5.81. The molecule has 0 radical (unpaired) electrons. The molecule has 2 N–H and O–H groups in total. The van der Waals surface area contributed by atoms with Crippen LogP contribution in [0, 0.1) is 5.92 Å². The molecule has 0 bridgehead atoms. The minimum absolute atomic E-state index is 0.108. The van der Waals surface area contributed by atoms with E-state index < -0.39 is 0 Å². The van der Waals surface area contributed by atoms with E-state index in [-0.39, 0.29) is 17.9 Å². The summed E-state index contributed by atoms with van der Waals surface area (Å²) >= 11 is 0. The molecule has 0 saturated carbocycles. The van der Waals surface area contributed by atoms with E-state index in [0.29, 0.717) is 6.54 Å². The summed E-state index contributed by atoms with van der Waals surface area (Å²) in [6.07, 6.45) is 4.45. The van der Waals surface area contributed by atoms with Crippen molar-refractivity contribution in [3.8, 4) is 5.75 Å². The normalized spacial score (nSPS) is 20.7. The van der Waals surface area contributed by atoms with Gasteiger partial charge in [0.1, 0.15) is 5.75 Å². The zero-order chi connectivity index (χ0) is 15.2. The van der Waals surface area contributed by atoms with E-state index in [0.717, 1.165) is 31.6 Å². The zero-order valence-corrected chi connectivity index (χ0v) is 13.0. The van der Waals surface area contributed by atoms with Crippen molar-refractivity contribution in [1.29, 1.82) is 0 Å². The number of hydrogen-bond acceptors (Lipinski definition) is 3. The number of likely N-dealkylation sites (tertiary alicyclic amines) is 1. The SMILES string of the molecule is COc1ccc(C2CCCCCN2C(=O)C(C)CN)cc1. The van der Waals surface area contributed by atoms with Gasteiger partial charge in [-0.1, -0.05) is 31.9 Å². The molecule has 1 aromatic carbocycles. The molecule has 0 spiro atoms. The molecule has 1 saturated heterocycles. The number of hydrogen-bond donors (Lipinski definition) is 1. The summed E-state index contributed by atoms with van der Waals surface area (Å²) in [5, 5.41) is 0. The Morgan fingerprint density at radius 1 is 1.33 bits per heavy atom. The van der Waals surface area contributed by atoms with Crippen LogP contribution in [0.15, 0.2) is 24.3 Å². The van der Waals surface area contributed by atoms with Crippen molar-refractivity contribution in [2.24, 2.45) is 11.7 Å². The molecule has 1 amide bonds. The Hall–Kier alpha value is -1.55. The monoisotopic (exact) mass is 290 g/mol. The molecule has 1 aromatic rings. The summed E-state index contributed by atoms with van der Waals surface area (Å²) in [5.41, 5.74) is 6.87. The van der Waals surface area contributed by atoms with Crippen LogP contribution in [0.2, 0.25) is 0 Å². The van der Waals surface area contributed by atoms with Crippen molar-refractivity contribution < 1.29 is 9.53 Å². The highest BCUT2D eigenvalue weighted by Gasteiger charge is 2.29. The number of benzene rings is 1. The largest absolute Gasteiger partial charge is 0.497 e. The van der Waals surface area contributed by atoms with Crippen molar-refractivity contribution in [3.63, 3.8) is 0 Å². The van der Waals surface area contributed by atoms with Crippen LogP contribution >= 0.6 is 0 Å². The molecular formula is C17H26N2O2. The van der Waals surface area contributed by atoms with Crippen molar-refractivity contribution in [3.05, 3.63) is 29.8 Å². The summed E-state index contributed by atoms with van der Waals surface area (Å²) in [6, 6.07) is 8.24. The second-order valence-corrected chi connectivity index (χ2v) is 5.81. The summed E-state index contributed by atoms with van der Waals surface area (Å²) in [6.45, 7) is 3.16. The van der Waals surface area contributed by atoms with Crippen LogP contribution in [0.4, 0.5) is 0 Å². The molecule has 1 heterocycles. The third-order valence-electron chi connectivity index (χ3n) is 4.31. The minimum Gasteiger partial charge on any atom is -0.497 e. The molecule has 4 heteroatoms. The second kappa shape index (κ2) is 7.46. The standard InChI is InChI=1S/C17H26N2O2/c1-13(12-18)17(20)19-11-5-3-4-6-16(19)14-7-9-15(21-2)10-8-14/h7-10,13,16H,3-6,11-12,18H2,1-2H3. The first-order chi connectivity index (χ1) is 10.2. The Morgan fingerprint density at radius 2 is 2.05 bits per heavy atom. The van der Waals surface area contributed by atoms with Crippen molar-refractivity contribution in [2.75, 3.05) is 20.2 Å². The van der Waals surface area contributed by atoms with Gasteiger partial charge >= 0.3 is 0 Å². The maximum absolute atomic E-state index is 12.6. The van der Waals surface area contributed by atoms with Crippen molar-refractivity contribution in [1.82, 2.24) is 4.90 Å². The van der Waals surface area contributed by atoms with E-state index >= 15 is 0 Å². The topological polar surface area (TPSA) is 55.6 Å². The summed E-state index contributed by atoms with van der Waals surface area (Å²) in [7, 11) is 1.67. The van der Waals surface area contributed by atoms with E-state index in [1.807, 2.05) is 24.0 Å². The first-order valence-electron chi connectivity index (χ1n) is 7.82. The third-order valence-corrected chi connectivity index (χ3v) is 4.31. The van der Waals surface area contributed by atoms with Gasteiger partial charge in [0.25, 0.3) is 0 Å². The van der Waals surface area contributed by atoms with Gasteiger partial charge in [-0.2, -0.15) is 0 Å². The number of carbonyl (C=O) groups excluding carboxylic acids is 1. The lowest BCUT2D eigenvalue weighted by Crippen LogP contribution is -2.40. The average Bonchev–Trinajstić information content (AvgIpc) is 2.79. The van der Waals surface area contributed by atoms with Gasteiger partial charge in [-0.3, -0.25) is 4.79 Å². The van der Waals surface area contributed by atoms with Crippen LogP contribution in [-0.2, 0) is 4.79 Å². The average molecular weight is 290 g/mol. The number of carbonyl (C=O) groups is 1. The molecule has 1 fully saturated rings. The minimum atomic E-state index is -0.108. The smallest absolute Gasteiger partial charge is 0.227 e. The molecule has 2 unspecified atom stereocenters. The number of nitrogens with two attached hydrogens (primary N) is 1. The van der Waals surface area contributed by atoms with E-state index in [4.69, 9.17) is 10.5 Å². The quantitative estimate of drug-likeness (QED) is 0.927. The van der Waals surface area contributed by atoms with Gasteiger partial charge in [0.05, 0.1) is 13.2 Å². The molecule has 1 aliphatic heterocycles. The molecule has 0 aliphatic carbocycles.